The molecule has 0 fully saturated rings. The molecule has 0 amide bonds. The molecular weight excluding hydrogens is 256 g/mol. The number of aromatic nitrogens is 2. The Labute approximate surface area is 117 Å². The molecule has 1 aromatic heterocycles. The molecule has 20 heavy (non-hydrogen) atoms. The molecular formula is C15H18N2O3. The van der Waals surface area contributed by atoms with Crippen LogP contribution in [0.1, 0.15) is 20.8 Å². The van der Waals surface area contributed by atoms with Crippen molar-refractivity contribution in [3.05, 3.63) is 40.9 Å². The molecule has 0 N–H and O–H groups in total. The standard InChI is InChI=1S/C15H18N2O3/c1-15(2,3)14(19)20-9-8-17-10-16-12-7-5-4-6-11(12)13(17)18/h4-7,10H,8-9H2,1-3H3. The summed E-state index contributed by atoms with van der Waals surface area (Å²) >= 11 is 0. The first-order valence-electron chi connectivity index (χ1n) is 6.51. The molecule has 0 saturated carbocycles. The van der Waals surface area contributed by atoms with Gasteiger partial charge < -0.3 is 4.74 Å². The summed E-state index contributed by atoms with van der Waals surface area (Å²) in [6, 6.07) is 7.17. The van der Waals surface area contributed by atoms with Gasteiger partial charge in [0.15, 0.2) is 0 Å². The second-order valence-corrected chi connectivity index (χ2v) is 5.65. The maximum Gasteiger partial charge on any atom is 0.311 e. The first-order chi connectivity index (χ1) is 9.39. The van der Waals surface area contributed by atoms with E-state index in [1.807, 2.05) is 6.07 Å². The van der Waals surface area contributed by atoms with Crippen molar-refractivity contribution in [1.82, 2.24) is 9.55 Å². The molecule has 5 nitrogen and oxygen atoms in total. The van der Waals surface area contributed by atoms with Crippen LogP contribution in [-0.2, 0) is 16.1 Å². The van der Waals surface area contributed by atoms with Gasteiger partial charge in [0.2, 0.25) is 0 Å². The lowest BCUT2D eigenvalue weighted by atomic mass is 9.97. The van der Waals surface area contributed by atoms with Gasteiger partial charge in [-0.05, 0) is 32.9 Å². The summed E-state index contributed by atoms with van der Waals surface area (Å²) < 4.78 is 6.61. The minimum Gasteiger partial charge on any atom is -0.463 e. The van der Waals surface area contributed by atoms with E-state index >= 15 is 0 Å². The molecule has 0 bridgehead atoms. The van der Waals surface area contributed by atoms with Gasteiger partial charge in [-0.1, -0.05) is 12.1 Å². The van der Waals surface area contributed by atoms with E-state index in [4.69, 9.17) is 4.74 Å². The van der Waals surface area contributed by atoms with Gasteiger partial charge in [0, 0.05) is 0 Å². The highest BCUT2D eigenvalue weighted by molar-refractivity contribution is 5.77. The van der Waals surface area contributed by atoms with E-state index in [0.717, 1.165) is 0 Å². The highest BCUT2D eigenvalue weighted by Gasteiger charge is 2.22. The van der Waals surface area contributed by atoms with Gasteiger partial charge >= 0.3 is 5.97 Å². The molecule has 0 radical (unpaired) electrons. The third-order valence-electron chi connectivity index (χ3n) is 2.91. The summed E-state index contributed by atoms with van der Waals surface area (Å²) in [6.45, 7) is 5.84. The lowest BCUT2D eigenvalue weighted by Gasteiger charge is -2.16. The van der Waals surface area contributed by atoms with Crippen LogP contribution in [0.15, 0.2) is 35.4 Å². The van der Waals surface area contributed by atoms with E-state index in [1.165, 1.54) is 10.9 Å². The Kier molecular flexibility index (Phi) is 3.88. The van der Waals surface area contributed by atoms with Gasteiger partial charge in [-0.25, -0.2) is 4.98 Å². The summed E-state index contributed by atoms with van der Waals surface area (Å²) in [5, 5.41) is 0.567. The maximum atomic E-state index is 12.2. The fraction of sp³-hybridized carbons (Fsp3) is 0.400. The van der Waals surface area contributed by atoms with E-state index in [0.29, 0.717) is 17.4 Å². The Bertz CT molecular complexity index is 683. The molecule has 106 valence electrons. The molecule has 0 aliphatic heterocycles. The number of esters is 1. The van der Waals surface area contributed by atoms with Gasteiger partial charge in [0.1, 0.15) is 6.61 Å². The maximum absolute atomic E-state index is 12.2. The van der Waals surface area contributed by atoms with Crippen LogP contribution in [0.5, 0.6) is 0 Å². The summed E-state index contributed by atoms with van der Waals surface area (Å²) in [5.41, 5.74) is 0.00918. The SMILES string of the molecule is CC(C)(C)C(=O)OCCn1cnc2ccccc2c1=O. The Balaban J connectivity index is 2.10. The zero-order chi connectivity index (χ0) is 14.8. The van der Waals surface area contributed by atoms with Crippen LogP contribution < -0.4 is 5.56 Å². The Morgan fingerprint density at radius 2 is 2.00 bits per heavy atom. The van der Waals surface area contributed by atoms with Crippen LogP contribution in [0, 0.1) is 5.41 Å². The highest BCUT2D eigenvalue weighted by atomic mass is 16.5. The second kappa shape index (κ2) is 5.45. The van der Waals surface area contributed by atoms with Crippen molar-refractivity contribution in [3.63, 3.8) is 0 Å². The number of carbonyl (C=O) groups excluding carboxylic acids is 1. The number of hydrogen-bond acceptors (Lipinski definition) is 4. The zero-order valence-electron chi connectivity index (χ0n) is 11.9. The predicted molar refractivity (Wildman–Crippen MR) is 76.4 cm³/mol. The molecule has 0 atom stereocenters. The Morgan fingerprint density at radius 1 is 1.30 bits per heavy atom. The average molecular weight is 274 g/mol. The molecule has 0 aliphatic carbocycles. The Hall–Kier alpha value is -2.17. The van der Waals surface area contributed by atoms with Crippen molar-refractivity contribution in [1.29, 1.82) is 0 Å². The smallest absolute Gasteiger partial charge is 0.311 e. The third-order valence-corrected chi connectivity index (χ3v) is 2.91. The van der Waals surface area contributed by atoms with Crippen LogP contribution >= 0.6 is 0 Å². The topological polar surface area (TPSA) is 61.2 Å². The molecule has 0 unspecified atom stereocenters. The number of ether oxygens (including phenoxy) is 1. The van der Waals surface area contributed by atoms with Gasteiger partial charge in [0.05, 0.1) is 29.2 Å². The third kappa shape index (κ3) is 3.04. The van der Waals surface area contributed by atoms with E-state index < -0.39 is 5.41 Å². The molecule has 0 saturated heterocycles. The van der Waals surface area contributed by atoms with Crippen molar-refractivity contribution in [2.24, 2.45) is 5.41 Å². The first kappa shape index (κ1) is 14.2. The van der Waals surface area contributed by atoms with Gasteiger partial charge in [-0.15, -0.1) is 0 Å². The normalized spacial score (nSPS) is 11.6. The molecule has 1 aromatic carbocycles. The number of para-hydroxylation sites is 1. The molecule has 0 aliphatic rings. The molecule has 1 heterocycles. The van der Waals surface area contributed by atoms with Crippen LogP contribution in [0.25, 0.3) is 10.9 Å². The number of nitrogens with zero attached hydrogens (tertiary/aromatic N) is 2. The summed E-state index contributed by atoms with van der Waals surface area (Å²) in [4.78, 5) is 28.0. The number of benzene rings is 1. The minimum atomic E-state index is -0.535. The zero-order valence-corrected chi connectivity index (χ0v) is 11.9. The monoisotopic (exact) mass is 274 g/mol. The fourth-order valence-electron chi connectivity index (χ4n) is 1.72. The van der Waals surface area contributed by atoms with E-state index in [2.05, 4.69) is 4.98 Å². The lowest BCUT2D eigenvalue weighted by molar-refractivity contribution is -0.153. The van der Waals surface area contributed by atoms with Crippen LogP contribution in [0.2, 0.25) is 0 Å². The highest BCUT2D eigenvalue weighted by Crippen LogP contribution is 2.14. The largest absolute Gasteiger partial charge is 0.463 e. The summed E-state index contributed by atoms with van der Waals surface area (Å²) in [7, 11) is 0. The summed E-state index contributed by atoms with van der Waals surface area (Å²) in [5.74, 6) is -0.278. The predicted octanol–water partition coefficient (Wildman–Crippen LogP) is 1.99. The molecule has 5 heteroatoms. The van der Waals surface area contributed by atoms with Gasteiger partial charge in [0.25, 0.3) is 5.56 Å². The number of rotatable bonds is 3. The molecule has 2 rings (SSSR count). The minimum absolute atomic E-state index is 0.123. The molecule has 0 spiro atoms. The van der Waals surface area contributed by atoms with Crippen LogP contribution in [0.4, 0.5) is 0 Å². The summed E-state index contributed by atoms with van der Waals surface area (Å²) in [6.07, 6.45) is 1.48. The van der Waals surface area contributed by atoms with Crippen molar-refractivity contribution >= 4 is 16.9 Å². The van der Waals surface area contributed by atoms with Gasteiger partial charge in [-0.3, -0.25) is 14.2 Å². The average Bonchev–Trinajstić information content (AvgIpc) is 2.40. The van der Waals surface area contributed by atoms with Crippen LogP contribution in [0.3, 0.4) is 0 Å². The van der Waals surface area contributed by atoms with Gasteiger partial charge in [-0.2, -0.15) is 0 Å². The number of fused-ring (bicyclic) bond motifs is 1. The lowest BCUT2D eigenvalue weighted by Crippen LogP contribution is -2.27. The van der Waals surface area contributed by atoms with Crippen molar-refractivity contribution in [2.45, 2.75) is 27.3 Å². The molecule has 2 aromatic rings. The first-order valence-corrected chi connectivity index (χ1v) is 6.51. The Morgan fingerprint density at radius 3 is 2.70 bits per heavy atom. The second-order valence-electron chi connectivity index (χ2n) is 5.65. The van der Waals surface area contributed by atoms with E-state index in [1.54, 1.807) is 39.0 Å². The van der Waals surface area contributed by atoms with E-state index in [-0.39, 0.29) is 18.1 Å². The van der Waals surface area contributed by atoms with Crippen LogP contribution in [-0.4, -0.2) is 22.1 Å². The van der Waals surface area contributed by atoms with Crippen molar-refractivity contribution in [3.8, 4) is 0 Å². The number of hydrogen-bond donors (Lipinski definition) is 0. The fourth-order valence-corrected chi connectivity index (χ4v) is 1.72. The van der Waals surface area contributed by atoms with E-state index in [9.17, 15) is 9.59 Å². The number of carbonyl (C=O) groups is 1. The van der Waals surface area contributed by atoms with Crippen molar-refractivity contribution in [2.75, 3.05) is 6.61 Å². The quantitative estimate of drug-likeness (QED) is 0.803. The van der Waals surface area contributed by atoms with Crippen molar-refractivity contribution < 1.29 is 9.53 Å².